The van der Waals surface area contributed by atoms with Gasteiger partial charge in [-0.1, -0.05) is 25.0 Å². The molecular formula is C18H27Cl2N3O. The van der Waals surface area contributed by atoms with Gasteiger partial charge in [0.15, 0.2) is 0 Å². The highest BCUT2D eigenvalue weighted by Crippen LogP contribution is 2.09. The maximum Gasteiger partial charge on any atom is 0.0544 e. The first kappa shape index (κ1) is 22.8. The van der Waals surface area contributed by atoms with Gasteiger partial charge in [0.1, 0.15) is 0 Å². The van der Waals surface area contributed by atoms with Gasteiger partial charge < -0.3 is 5.11 Å². The van der Waals surface area contributed by atoms with Crippen LogP contribution in [0.3, 0.4) is 0 Å². The van der Waals surface area contributed by atoms with Crippen molar-refractivity contribution >= 4 is 24.8 Å². The molecular weight excluding hydrogens is 345 g/mol. The third-order valence-corrected chi connectivity index (χ3v) is 3.61. The predicted octanol–water partition coefficient (Wildman–Crippen LogP) is 3.88. The van der Waals surface area contributed by atoms with Crippen molar-refractivity contribution in [1.82, 2.24) is 14.9 Å². The molecule has 0 saturated carbocycles. The Labute approximate surface area is 157 Å². The number of rotatable bonds is 10. The third kappa shape index (κ3) is 9.18. The van der Waals surface area contributed by atoms with E-state index < -0.39 is 0 Å². The molecule has 0 aromatic carbocycles. The van der Waals surface area contributed by atoms with Gasteiger partial charge in [-0.05, 0) is 43.7 Å². The van der Waals surface area contributed by atoms with Gasteiger partial charge in [0.05, 0.1) is 11.4 Å². The van der Waals surface area contributed by atoms with E-state index in [2.05, 4.69) is 27.0 Å². The molecule has 0 spiro atoms. The minimum Gasteiger partial charge on any atom is -0.396 e. The number of nitrogens with zero attached hydrogens (tertiary/aromatic N) is 3. The molecule has 4 nitrogen and oxygen atoms in total. The zero-order valence-corrected chi connectivity index (χ0v) is 15.5. The van der Waals surface area contributed by atoms with Gasteiger partial charge in [-0.25, -0.2) is 0 Å². The molecule has 2 heterocycles. The number of unbranched alkanes of at least 4 members (excludes halogenated alkanes) is 3. The molecule has 0 aliphatic heterocycles. The smallest absolute Gasteiger partial charge is 0.0544 e. The van der Waals surface area contributed by atoms with Crippen LogP contribution in [0.4, 0.5) is 0 Å². The summed E-state index contributed by atoms with van der Waals surface area (Å²) in [4.78, 5) is 11.2. The molecule has 2 rings (SSSR count). The molecule has 0 atom stereocenters. The number of hydrogen-bond acceptors (Lipinski definition) is 4. The molecule has 0 aliphatic carbocycles. The molecule has 0 amide bonds. The Morgan fingerprint density at radius 3 is 1.75 bits per heavy atom. The molecule has 1 N–H and O–H groups in total. The Bertz CT molecular complexity index is 473. The number of aliphatic hydroxyl groups excluding tert-OH is 1. The number of aromatic nitrogens is 2. The summed E-state index contributed by atoms with van der Waals surface area (Å²) in [6.07, 6.45) is 7.98. The van der Waals surface area contributed by atoms with E-state index >= 15 is 0 Å². The van der Waals surface area contributed by atoms with Gasteiger partial charge >= 0.3 is 0 Å². The average Bonchev–Trinajstić information content (AvgIpc) is 2.56. The standard InChI is InChI=1S/C18H25N3O.2ClH/c22-14-8-2-1-7-13-21(15-17-9-3-5-11-19-17)16-18-10-4-6-12-20-18;;/h3-6,9-12,22H,1-2,7-8,13-16H2;2*1H. The van der Waals surface area contributed by atoms with Crippen LogP contribution in [-0.2, 0) is 13.1 Å². The Morgan fingerprint density at radius 2 is 1.29 bits per heavy atom. The number of pyridine rings is 2. The molecule has 0 bridgehead atoms. The van der Waals surface area contributed by atoms with Crippen molar-refractivity contribution in [2.24, 2.45) is 0 Å². The first-order valence-electron chi connectivity index (χ1n) is 8.01. The van der Waals surface area contributed by atoms with Crippen LogP contribution in [0.25, 0.3) is 0 Å². The van der Waals surface area contributed by atoms with Gasteiger partial charge in [-0.2, -0.15) is 0 Å². The van der Waals surface area contributed by atoms with E-state index in [-0.39, 0.29) is 24.8 Å². The second-order valence-electron chi connectivity index (χ2n) is 5.49. The summed E-state index contributed by atoms with van der Waals surface area (Å²) in [5.74, 6) is 0. The number of hydrogen-bond donors (Lipinski definition) is 1. The zero-order valence-electron chi connectivity index (χ0n) is 13.9. The topological polar surface area (TPSA) is 49.2 Å². The van der Waals surface area contributed by atoms with Gasteiger partial charge in [-0.3, -0.25) is 14.9 Å². The molecule has 6 heteroatoms. The summed E-state index contributed by atoms with van der Waals surface area (Å²) in [7, 11) is 0. The van der Waals surface area contributed by atoms with Crippen LogP contribution in [0, 0.1) is 0 Å². The highest BCUT2D eigenvalue weighted by Gasteiger charge is 2.08. The highest BCUT2D eigenvalue weighted by molar-refractivity contribution is 5.85. The van der Waals surface area contributed by atoms with Crippen molar-refractivity contribution in [2.75, 3.05) is 13.2 Å². The van der Waals surface area contributed by atoms with Gasteiger partial charge in [0.2, 0.25) is 0 Å². The van der Waals surface area contributed by atoms with E-state index in [1.54, 1.807) is 0 Å². The zero-order chi connectivity index (χ0) is 15.5. The van der Waals surface area contributed by atoms with Gasteiger partial charge in [-0.15, -0.1) is 24.8 Å². The van der Waals surface area contributed by atoms with E-state index in [0.717, 1.165) is 56.7 Å². The molecule has 0 fully saturated rings. The molecule has 0 radical (unpaired) electrons. The van der Waals surface area contributed by atoms with Crippen LogP contribution in [0.2, 0.25) is 0 Å². The highest BCUT2D eigenvalue weighted by atomic mass is 35.5. The summed E-state index contributed by atoms with van der Waals surface area (Å²) in [6.45, 7) is 3.01. The Morgan fingerprint density at radius 1 is 0.750 bits per heavy atom. The van der Waals surface area contributed by atoms with Crippen molar-refractivity contribution in [3.05, 3.63) is 60.2 Å². The van der Waals surface area contributed by atoms with Crippen molar-refractivity contribution in [2.45, 2.75) is 38.8 Å². The minimum absolute atomic E-state index is 0. The Balaban J connectivity index is 0.00000264. The van der Waals surface area contributed by atoms with E-state index in [1.165, 1.54) is 0 Å². The lowest BCUT2D eigenvalue weighted by Crippen LogP contribution is -2.25. The quantitative estimate of drug-likeness (QED) is 0.643. The van der Waals surface area contributed by atoms with Crippen LogP contribution in [-0.4, -0.2) is 33.1 Å². The third-order valence-electron chi connectivity index (χ3n) is 3.61. The molecule has 24 heavy (non-hydrogen) atoms. The molecule has 0 aliphatic rings. The fourth-order valence-corrected chi connectivity index (χ4v) is 2.46. The molecule has 0 saturated heterocycles. The summed E-state index contributed by atoms with van der Waals surface area (Å²) in [5.41, 5.74) is 2.18. The lowest BCUT2D eigenvalue weighted by molar-refractivity contribution is 0.240. The Hall–Kier alpha value is -1.20. The SMILES string of the molecule is Cl.Cl.OCCCCCCN(Cc1ccccn1)Cc1ccccn1. The number of aliphatic hydroxyl groups is 1. The molecule has 2 aromatic heterocycles. The molecule has 2 aromatic rings. The molecule has 0 unspecified atom stereocenters. The van der Waals surface area contributed by atoms with Crippen molar-refractivity contribution < 1.29 is 5.11 Å². The van der Waals surface area contributed by atoms with Crippen molar-refractivity contribution in [3.63, 3.8) is 0 Å². The van der Waals surface area contributed by atoms with Crippen LogP contribution < -0.4 is 0 Å². The first-order valence-corrected chi connectivity index (χ1v) is 8.01. The first-order chi connectivity index (χ1) is 10.9. The summed E-state index contributed by atoms with van der Waals surface area (Å²) < 4.78 is 0. The minimum atomic E-state index is 0. The van der Waals surface area contributed by atoms with Crippen LogP contribution in [0.5, 0.6) is 0 Å². The summed E-state index contributed by atoms with van der Waals surface area (Å²) in [6, 6.07) is 12.1. The van der Waals surface area contributed by atoms with Gasteiger partial charge in [0.25, 0.3) is 0 Å². The maximum absolute atomic E-state index is 8.84. The van der Waals surface area contributed by atoms with Crippen molar-refractivity contribution in [3.8, 4) is 0 Å². The molecule has 134 valence electrons. The lowest BCUT2D eigenvalue weighted by atomic mass is 10.2. The fourth-order valence-electron chi connectivity index (χ4n) is 2.46. The van der Waals surface area contributed by atoms with E-state index in [4.69, 9.17) is 5.11 Å². The second kappa shape index (κ2) is 14.2. The predicted molar refractivity (Wildman–Crippen MR) is 103 cm³/mol. The van der Waals surface area contributed by atoms with E-state index in [1.807, 2.05) is 36.7 Å². The lowest BCUT2D eigenvalue weighted by Gasteiger charge is -2.21. The average molecular weight is 372 g/mol. The van der Waals surface area contributed by atoms with E-state index in [9.17, 15) is 0 Å². The maximum atomic E-state index is 8.84. The van der Waals surface area contributed by atoms with Crippen LogP contribution in [0.1, 0.15) is 37.1 Å². The fraction of sp³-hybridized carbons (Fsp3) is 0.444. The van der Waals surface area contributed by atoms with Crippen LogP contribution >= 0.6 is 24.8 Å². The normalized spacial score (nSPS) is 10.1. The van der Waals surface area contributed by atoms with Gasteiger partial charge in [0, 0.05) is 32.1 Å². The number of halogens is 2. The summed E-state index contributed by atoms with van der Waals surface area (Å²) >= 11 is 0. The second-order valence-corrected chi connectivity index (χ2v) is 5.49. The summed E-state index contributed by atoms with van der Waals surface area (Å²) in [5, 5.41) is 8.84. The monoisotopic (exact) mass is 371 g/mol. The van der Waals surface area contributed by atoms with Crippen LogP contribution in [0.15, 0.2) is 48.8 Å². The van der Waals surface area contributed by atoms with Crippen molar-refractivity contribution in [1.29, 1.82) is 0 Å². The largest absolute Gasteiger partial charge is 0.396 e. The van der Waals surface area contributed by atoms with E-state index in [0.29, 0.717) is 6.61 Å². The Kier molecular flexibility index (Phi) is 13.5.